The molecule has 4 nitrogen and oxygen atoms in total. The van der Waals surface area contributed by atoms with Gasteiger partial charge in [0, 0.05) is 13.2 Å². The highest BCUT2D eigenvalue weighted by Crippen LogP contribution is 2.15. The first kappa shape index (κ1) is 12.2. The Morgan fingerprint density at radius 2 is 2.33 bits per heavy atom. The number of anilines is 1. The van der Waals surface area contributed by atoms with E-state index >= 15 is 0 Å². The zero-order valence-corrected chi connectivity index (χ0v) is 9.79. The van der Waals surface area contributed by atoms with Crippen LogP contribution in [-0.2, 0) is 4.74 Å². The second-order valence-corrected chi connectivity index (χ2v) is 4.02. The van der Waals surface area contributed by atoms with Crippen LogP contribution in [0.3, 0.4) is 0 Å². The van der Waals surface area contributed by atoms with Gasteiger partial charge < -0.3 is 10.1 Å². The SMILES string of the molecule is CC(C)COCCNc1ncncc1Cl. The van der Waals surface area contributed by atoms with Crippen molar-refractivity contribution < 1.29 is 4.74 Å². The molecule has 0 aliphatic rings. The van der Waals surface area contributed by atoms with Crippen LogP contribution in [0.15, 0.2) is 12.5 Å². The quantitative estimate of drug-likeness (QED) is 0.760. The Bertz CT molecular complexity index is 294. The third kappa shape index (κ3) is 4.95. The van der Waals surface area contributed by atoms with E-state index in [1.807, 2.05) is 0 Å². The highest BCUT2D eigenvalue weighted by atomic mass is 35.5. The first-order valence-corrected chi connectivity index (χ1v) is 5.35. The van der Waals surface area contributed by atoms with Crippen molar-refractivity contribution in [2.24, 2.45) is 5.92 Å². The van der Waals surface area contributed by atoms with Crippen molar-refractivity contribution in [2.75, 3.05) is 25.1 Å². The van der Waals surface area contributed by atoms with Crippen molar-refractivity contribution in [1.82, 2.24) is 9.97 Å². The predicted molar refractivity (Wildman–Crippen MR) is 61.2 cm³/mol. The maximum atomic E-state index is 5.86. The smallest absolute Gasteiger partial charge is 0.148 e. The summed E-state index contributed by atoms with van der Waals surface area (Å²) in [7, 11) is 0. The molecule has 0 saturated heterocycles. The van der Waals surface area contributed by atoms with Gasteiger partial charge in [0.2, 0.25) is 0 Å². The zero-order chi connectivity index (χ0) is 11.1. The first-order chi connectivity index (χ1) is 7.20. The molecule has 0 spiro atoms. The van der Waals surface area contributed by atoms with Crippen LogP contribution in [0.5, 0.6) is 0 Å². The summed E-state index contributed by atoms with van der Waals surface area (Å²) in [5.74, 6) is 1.22. The van der Waals surface area contributed by atoms with E-state index in [2.05, 4.69) is 29.1 Å². The second-order valence-electron chi connectivity index (χ2n) is 3.61. The Morgan fingerprint density at radius 3 is 3.00 bits per heavy atom. The second kappa shape index (κ2) is 6.58. The number of hydrogen-bond donors (Lipinski definition) is 1. The maximum absolute atomic E-state index is 5.86. The van der Waals surface area contributed by atoms with Gasteiger partial charge in [0.05, 0.1) is 12.8 Å². The van der Waals surface area contributed by atoms with E-state index < -0.39 is 0 Å². The van der Waals surface area contributed by atoms with Crippen molar-refractivity contribution >= 4 is 17.4 Å². The van der Waals surface area contributed by atoms with E-state index in [0.29, 0.717) is 29.9 Å². The minimum absolute atomic E-state index is 0.529. The normalized spacial score (nSPS) is 10.7. The summed E-state index contributed by atoms with van der Waals surface area (Å²) in [6.07, 6.45) is 3.02. The lowest BCUT2D eigenvalue weighted by molar-refractivity contribution is 0.118. The molecule has 1 rings (SSSR count). The summed E-state index contributed by atoms with van der Waals surface area (Å²) in [4.78, 5) is 7.80. The Kier molecular flexibility index (Phi) is 5.36. The molecule has 0 aromatic carbocycles. The van der Waals surface area contributed by atoms with Crippen LogP contribution in [0.25, 0.3) is 0 Å². The Morgan fingerprint density at radius 1 is 1.53 bits per heavy atom. The summed E-state index contributed by atoms with van der Waals surface area (Å²) in [5, 5.41) is 3.61. The van der Waals surface area contributed by atoms with E-state index in [4.69, 9.17) is 16.3 Å². The average molecular weight is 230 g/mol. The monoisotopic (exact) mass is 229 g/mol. The molecule has 1 heterocycles. The van der Waals surface area contributed by atoms with Gasteiger partial charge in [-0.3, -0.25) is 0 Å². The van der Waals surface area contributed by atoms with Gasteiger partial charge in [0.25, 0.3) is 0 Å². The van der Waals surface area contributed by atoms with Crippen LogP contribution in [-0.4, -0.2) is 29.7 Å². The van der Waals surface area contributed by atoms with E-state index in [1.165, 1.54) is 6.33 Å². The van der Waals surface area contributed by atoms with E-state index in [0.717, 1.165) is 6.61 Å². The van der Waals surface area contributed by atoms with Crippen LogP contribution >= 0.6 is 11.6 Å². The number of aromatic nitrogens is 2. The first-order valence-electron chi connectivity index (χ1n) is 4.97. The Hall–Kier alpha value is -0.870. The number of nitrogens with zero attached hydrogens (tertiary/aromatic N) is 2. The van der Waals surface area contributed by atoms with E-state index in [1.54, 1.807) is 6.20 Å². The Balaban J connectivity index is 2.18. The minimum Gasteiger partial charge on any atom is -0.379 e. The molecule has 15 heavy (non-hydrogen) atoms. The van der Waals surface area contributed by atoms with Crippen LogP contribution in [0.2, 0.25) is 5.02 Å². The summed E-state index contributed by atoms with van der Waals surface area (Å²) < 4.78 is 5.41. The molecule has 0 atom stereocenters. The molecule has 1 aromatic rings. The van der Waals surface area contributed by atoms with Crippen LogP contribution in [0, 0.1) is 5.92 Å². The molecule has 0 fully saturated rings. The third-order valence-corrected chi connectivity index (χ3v) is 1.93. The molecule has 5 heteroatoms. The van der Waals surface area contributed by atoms with Crippen molar-refractivity contribution in [2.45, 2.75) is 13.8 Å². The highest BCUT2D eigenvalue weighted by Gasteiger charge is 1.99. The molecule has 0 bridgehead atoms. The van der Waals surface area contributed by atoms with E-state index in [9.17, 15) is 0 Å². The summed E-state index contributed by atoms with van der Waals surface area (Å²) in [6.45, 7) is 6.37. The maximum Gasteiger partial charge on any atom is 0.148 e. The van der Waals surface area contributed by atoms with E-state index in [-0.39, 0.29) is 0 Å². The summed E-state index contributed by atoms with van der Waals surface area (Å²) >= 11 is 5.86. The van der Waals surface area contributed by atoms with Gasteiger partial charge in [-0.2, -0.15) is 0 Å². The van der Waals surface area contributed by atoms with Crippen molar-refractivity contribution in [1.29, 1.82) is 0 Å². The zero-order valence-electron chi connectivity index (χ0n) is 9.03. The van der Waals surface area contributed by atoms with Gasteiger partial charge in [0.15, 0.2) is 0 Å². The average Bonchev–Trinajstić information content (AvgIpc) is 2.20. The fraction of sp³-hybridized carbons (Fsp3) is 0.600. The predicted octanol–water partition coefficient (Wildman–Crippen LogP) is 2.21. The molecule has 0 aliphatic heterocycles. The van der Waals surface area contributed by atoms with Gasteiger partial charge in [0.1, 0.15) is 17.2 Å². The van der Waals surface area contributed by atoms with Gasteiger partial charge in [-0.15, -0.1) is 0 Å². The molecule has 1 aromatic heterocycles. The standard InChI is InChI=1S/C10H16ClN3O/c1-8(2)6-15-4-3-13-10-9(11)5-12-7-14-10/h5,7-8H,3-4,6H2,1-2H3,(H,12,13,14). The number of ether oxygens (including phenoxy) is 1. The fourth-order valence-electron chi connectivity index (χ4n) is 1.00. The Labute approximate surface area is 95.0 Å². The summed E-state index contributed by atoms with van der Waals surface area (Å²) in [6, 6.07) is 0. The van der Waals surface area contributed by atoms with Gasteiger partial charge in [-0.25, -0.2) is 9.97 Å². The highest BCUT2D eigenvalue weighted by molar-refractivity contribution is 6.32. The third-order valence-electron chi connectivity index (χ3n) is 1.66. The molecule has 0 saturated carbocycles. The molecular weight excluding hydrogens is 214 g/mol. The topological polar surface area (TPSA) is 47.0 Å². The molecule has 1 N–H and O–H groups in total. The van der Waals surface area contributed by atoms with Crippen LogP contribution in [0.4, 0.5) is 5.82 Å². The molecule has 84 valence electrons. The largest absolute Gasteiger partial charge is 0.379 e. The lowest BCUT2D eigenvalue weighted by Crippen LogP contribution is -2.13. The molecule has 0 amide bonds. The molecular formula is C10H16ClN3O. The minimum atomic E-state index is 0.529. The number of hydrogen-bond acceptors (Lipinski definition) is 4. The van der Waals surface area contributed by atoms with Crippen LogP contribution in [0.1, 0.15) is 13.8 Å². The van der Waals surface area contributed by atoms with Gasteiger partial charge >= 0.3 is 0 Å². The van der Waals surface area contributed by atoms with Gasteiger partial charge in [-0.05, 0) is 5.92 Å². The summed E-state index contributed by atoms with van der Waals surface area (Å²) in [5.41, 5.74) is 0. The molecule has 0 radical (unpaired) electrons. The number of nitrogens with one attached hydrogen (secondary N) is 1. The van der Waals surface area contributed by atoms with Crippen molar-refractivity contribution in [3.8, 4) is 0 Å². The lowest BCUT2D eigenvalue weighted by atomic mass is 10.2. The fourth-order valence-corrected chi connectivity index (χ4v) is 1.18. The van der Waals surface area contributed by atoms with Crippen molar-refractivity contribution in [3.63, 3.8) is 0 Å². The van der Waals surface area contributed by atoms with Gasteiger partial charge in [-0.1, -0.05) is 25.4 Å². The number of rotatable bonds is 6. The number of halogens is 1. The molecule has 0 aliphatic carbocycles. The van der Waals surface area contributed by atoms with Crippen molar-refractivity contribution in [3.05, 3.63) is 17.5 Å². The molecule has 0 unspecified atom stereocenters. The lowest BCUT2D eigenvalue weighted by Gasteiger charge is -2.08. The van der Waals surface area contributed by atoms with Crippen LogP contribution < -0.4 is 5.32 Å².